The molecule has 1 fully saturated rings. The van der Waals surface area contributed by atoms with Crippen molar-refractivity contribution in [1.29, 1.82) is 0 Å². The van der Waals surface area contributed by atoms with Gasteiger partial charge < -0.3 is 9.84 Å². The Hall–Kier alpha value is -1.45. The molecular formula is C23H32O3. The summed E-state index contributed by atoms with van der Waals surface area (Å²) in [6, 6.07) is 4.34. The van der Waals surface area contributed by atoms with E-state index < -0.39 is 0 Å². The normalized spacial score (nSPS) is 32.0. The summed E-state index contributed by atoms with van der Waals surface area (Å²) >= 11 is 0. The second-order valence-corrected chi connectivity index (χ2v) is 8.26. The quantitative estimate of drug-likeness (QED) is 0.880. The fourth-order valence-electron chi connectivity index (χ4n) is 4.62. The van der Waals surface area contributed by atoms with Gasteiger partial charge in [-0.25, -0.2) is 0 Å². The standard InChI is InChI=1S/C23H32O3/c1-7-21-15(5)23(25)16(6)22(26-21)10-17-8-9-18-12(2)13(3)20(24)11-19(18)14(17)4/h8-9,15-16,21-23,25H,7,10-11H2,1-6H3/t15-,16-,21+,22-,23-/m0/s1. The highest BCUT2D eigenvalue weighted by Crippen LogP contribution is 2.36. The van der Waals surface area contributed by atoms with E-state index in [4.69, 9.17) is 4.74 Å². The Labute approximate surface area is 157 Å². The van der Waals surface area contributed by atoms with Crippen molar-refractivity contribution in [3.63, 3.8) is 0 Å². The van der Waals surface area contributed by atoms with Gasteiger partial charge in [0.15, 0.2) is 5.78 Å². The third-order valence-electron chi connectivity index (χ3n) is 6.86. The molecule has 3 rings (SSSR count). The second-order valence-electron chi connectivity index (χ2n) is 8.26. The molecule has 1 aliphatic heterocycles. The average molecular weight is 357 g/mol. The molecule has 1 aromatic carbocycles. The number of hydrogen-bond acceptors (Lipinski definition) is 3. The molecule has 2 aliphatic rings. The predicted octanol–water partition coefficient (Wildman–Crippen LogP) is 4.27. The smallest absolute Gasteiger partial charge is 0.163 e. The SMILES string of the molecule is CC[C@H]1O[C@@H](Cc2ccc3c(c2C)CC(=O)C(C)=C3C)[C@H](C)[C@@H](O)[C@H]1C. The number of ketones is 1. The largest absolute Gasteiger partial charge is 0.392 e. The topological polar surface area (TPSA) is 46.5 Å². The maximum Gasteiger partial charge on any atom is 0.163 e. The molecular weight excluding hydrogens is 324 g/mol. The second kappa shape index (κ2) is 7.28. The van der Waals surface area contributed by atoms with Crippen LogP contribution in [0.4, 0.5) is 0 Å². The molecule has 3 nitrogen and oxygen atoms in total. The van der Waals surface area contributed by atoms with Crippen LogP contribution in [0, 0.1) is 18.8 Å². The fraction of sp³-hybridized carbons (Fsp3) is 0.609. The first kappa shape index (κ1) is 19.3. The van der Waals surface area contributed by atoms with E-state index in [1.807, 2.05) is 13.8 Å². The Bertz CT molecular complexity index is 744. The molecule has 1 N–H and O–H groups in total. The molecule has 1 aromatic rings. The van der Waals surface area contributed by atoms with Gasteiger partial charge in [0.2, 0.25) is 0 Å². The number of Topliss-reactive ketones (excluding diaryl/α,β-unsaturated/α-hetero) is 1. The first-order valence-electron chi connectivity index (χ1n) is 9.92. The minimum absolute atomic E-state index is 0.0144. The Kier molecular flexibility index (Phi) is 5.41. The van der Waals surface area contributed by atoms with Crippen LogP contribution in [0.2, 0.25) is 0 Å². The number of benzene rings is 1. The number of aliphatic hydroxyl groups is 1. The van der Waals surface area contributed by atoms with E-state index in [-0.39, 0.29) is 35.9 Å². The zero-order chi connectivity index (χ0) is 19.2. The lowest BCUT2D eigenvalue weighted by Gasteiger charge is -2.43. The van der Waals surface area contributed by atoms with Gasteiger partial charge in [0.05, 0.1) is 18.3 Å². The lowest BCUT2D eigenvalue weighted by molar-refractivity contribution is -0.163. The number of rotatable bonds is 3. The summed E-state index contributed by atoms with van der Waals surface area (Å²) in [4.78, 5) is 12.3. The van der Waals surface area contributed by atoms with Crippen molar-refractivity contribution in [2.45, 2.75) is 79.1 Å². The first-order chi connectivity index (χ1) is 12.3. The van der Waals surface area contributed by atoms with Crippen LogP contribution in [0.5, 0.6) is 0 Å². The van der Waals surface area contributed by atoms with E-state index in [2.05, 4.69) is 39.8 Å². The van der Waals surface area contributed by atoms with Gasteiger partial charge in [-0.05, 0) is 67.0 Å². The molecule has 0 bridgehead atoms. The minimum Gasteiger partial charge on any atom is -0.392 e. The Morgan fingerprint density at radius 1 is 1.08 bits per heavy atom. The van der Waals surface area contributed by atoms with E-state index >= 15 is 0 Å². The van der Waals surface area contributed by atoms with Gasteiger partial charge in [0, 0.05) is 18.3 Å². The van der Waals surface area contributed by atoms with Crippen LogP contribution in [-0.2, 0) is 22.4 Å². The summed E-state index contributed by atoms with van der Waals surface area (Å²) in [6.45, 7) is 12.4. The van der Waals surface area contributed by atoms with Gasteiger partial charge in [-0.15, -0.1) is 0 Å². The molecule has 1 aliphatic carbocycles. The van der Waals surface area contributed by atoms with Crippen LogP contribution < -0.4 is 0 Å². The molecule has 3 heteroatoms. The fourth-order valence-corrected chi connectivity index (χ4v) is 4.62. The van der Waals surface area contributed by atoms with Crippen LogP contribution >= 0.6 is 0 Å². The molecule has 0 radical (unpaired) electrons. The number of allylic oxidation sites excluding steroid dienone is 2. The molecule has 0 amide bonds. The molecule has 1 heterocycles. The van der Waals surface area contributed by atoms with E-state index in [0.29, 0.717) is 6.42 Å². The van der Waals surface area contributed by atoms with Crippen molar-refractivity contribution >= 4 is 11.4 Å². The molecule has 142 valence electrons. The van der Waals surface area contributed by atoms with Crippen molar-refractivity contribution in [3.8, 4) is 0 Å². The van der Waals surface area contributed by atoms with Gasteiger partial charge >= 0.3 is 0 Å². The van der Waals surface area contributed by atoms with Crippen molar-refractivity contribution in [1.82, 2.24) is 0 Å². The van der Waals surface area contributed by atoms with Gasteiger partial charge in [-0.3, -0.25) is 4.79 Å². The highest BCUT2D eigenvalue weighted by Gasteiger charge is 2.39. The lowest BCUT2D eigenvalue weighted by Crippen LogP contribution is -2.49. The van der Waals surface area contributed by atoms with Gasteiger partial charge in [0.25, 0.3) is 0 Å². The Morgan fingerprint density at radius 3 is 2.38 bits per heavy atom. The highest BCUT2D eigenvalue weighted by atomic mass is 16.5. The number of hydrogen-bond donors (Lipinski definition) is 1. The summed E-state index contributed by atoms with van der Waals surface area (Å²) in [5.41, 5.74) is 6.80. The van der Waals surface area contributed by atoms with Crippen molar-refractivity contribution in [3.05, 3.63) is 40.0 Å². The zero-order valence-corrected chi connectivity index (χ0v) is 16.9. The number of carbonyl (C=O) groups excluding carboxylic acids is 1. The van der Waals surface area contributed by atoms with E-state index in [0.717, 1.165) is 24.0 Å². The van der Waals surface area contributed by atoms with Gasteiger partial charge in [-0.2, -0.15) is 0 Å². The summed E-state index contributed by atoms with van der Waals surface area (Å²) in [5.74, 6) is 0.505. The van der Waals surface area contributed by atoms with Gasteiger partial charge in [0.1, 0.15) is 0 Å². The minimum atomic E-state index is -0.328. The van der Waals surface area contributed by atoms with Crippen LogP contribution in [0.15, 0.2) is 17.7 Å². The van der Waals surface area contributed by atoms with Crippen LogP contribution in [0.3, 0.4) is 0 Å². The first-order valence-corrected chi connectivity index (χ1v) is 9.92. The van der Waals surface area contributed by atoms with Crippen molar-refractivity contribution < 1.29 is 14.6 Å². The monoisotopic (exact) mass is 356 g/mol. The number of ether oxygens (including phenoxy) is 1. The predicted molar refractivity (Wildman–Crippen MR) is 105 cm³/mol. The maximum atomic E-state index is 12.3. The van der Waals surface area contributed by atoms with Crippen molar-refractivity contribution in [2.75, 3.05) is 0 Å². The molecule has 0 aromatic heterocycles. The molecule has 26 heavy (non-hydrogen) atoms. The van der Waals surface area contributed by atoms with E-state index in [1.165, 1.54) is 22.3 Å². The maximum absolute atomic E-state index is 12.3. The van der Waals surface area contributed by atoms with Crippen molar-refractivity contribution in [2.24, 2.45) is 11.8 Å². The molecule has 0 spiro atoms. The summed E-state index contributed by atoms with van der Waals surface area (Å²) in [7, 11) is 0. The third-order valence-corrected chi connectivity index (χ3v) is 6.86. The van der Waals surface area contributed by atoms with Gasteiger partial charge in [-0.1, -0.05) is 32.9 Å². The van der Waals surface area contributed by atoms with Crippen LogP contribution in [0.25, 0.3) is 5.57 Å². The Morgan fingerprint density at radius 2 is 1.73 bits per heavy atom. The third kappa shape index (κ3) is 3.16. The number of fused-ring (bicyclic) bond motifs is 1. The molecule has 0 unspecified atom stereocenters. The average Bonchev–Trinajstić information content (AvgIpc) is 2.62. The number of carbonyl (C=O) groups is 1. The molecule has 0 saturated carbocycles. The summed E-state index contributed by atoms with van der Waals surface area (Å²) in [5, 5.41) is 10.6. The molecule has 1 saturated heterocycles. The zero-order valence-electron chi connectivity index (χ0n) is 16.9. The lowest BCUT2D eigenvalue weighted by atomic mass is 9.78. The summed E-state index contributed by atoms with van der Waals surface area (Å²) in [6.07, 6.45) is 2.00. The molecule has 5 atom stereocenters. The van der Waals surface area contributed by atoms with Crippen LogP contribution in [0.1, 0.15) is 63.3 Å². The number of aliphatic hydroxyl groups excluding tert-OH is 1. The highest BCUT2D eigenvalue weighted by molar-refractivity contribution is 6.06. The van der Waals surface area contributed by atoms with E-state index in [9.17, 15) is 9.90 Å². The Balaban J connectivity index is 1.90. The van der Waals surface area contributed by atoms with E-state index in [1.54, 1.807) is 0 Å². The van der Waals surface area contributed by atoms with Crippen LogP contribution in [-0.4, -0.2) is 29.2 Å². The summed E-state index contributed by atoms with van der Waals surface area (Å²) < 4.78 is 6.36.